The van der Waals surface area contributed by atoms with Crippen molar-refractivity contribution in [1.29, 1.82) is 0 Å². The SMILES string of the molecule is Cc1ccc2nc(CN3CCNCC3c3cccc(F)c3)cn2c1. The number of nitrogens with one attached hydrogen (secondary N) is 1. The molecule has 2 aromatic heterocycles. The second-order valence-corrected chi connectivity index (χ2v) is 6.45. The number of rotatable bonds is 3. The average Bonchev–Trinajstić information content (AvgIpc) is 2.96. The van der Waals surface area contributed by atoms with Crippen LogP contribution >= 0.6 is 0 Å². The largest absolute Gasteiger partial charge is 0.314 e. The molecule has 0 amide bonds. The smallest absolute Gasteiger partial charge is 0.137 e. The zero-order valence-corrected chi connectivity index (χ0v) is 13.7. The van der Waals surface area contributed by atoms with Crippen LogP contribution < -0.4 is 5.32 Å². The van der Waals surface area contributed by atoms with Gasteiger partial charge in [0.25, 0.3) is 0 Å². The Morgan fingerprint density at radius 3 is 3.04 bits per heavy atom. The van der Waals surface area contributed by atoms with E-state index in [4.69, 9.17) is 4.98 Å². The highest BCUT2D eigenvalue weighted by molar-refractivity contribution is 5.41. The third kappa shape index (κ3) is 3.05. The van der Waals surface area contributed by atoms with Gasteiger partial charge in [-0.1, -0.05) is 18.2 Å². The Balaban J connectivity index is 1.60. The van der Waals surface area contributed by atoms with Crippen molar-refractivity contribution in [3.63, 3.8) is 0 Å². The van der Waals surface area contributed by atoms with Gasteiger partial charge in [0.15, 0.2) is 0 Å². The molecule has 1 aromatic carbocycles. The molecule has 0 saturated carbocycles. The van der Waals surface area contributed by atoms with Crippen LogP contribution in [0.4, 0.5) is 4.39 Å². The van der Waals surface area contributed by atoms with Gasteiger partial charge in [-0.25, -0.2) is 9.37 Å². The van der Waals surface area contributed by atoms with Crippen LogP contribution in [0, 0.1) is 12.7 Å². The zero-order valence-electron chi connectivity index (χ0n) is 13.7. The summed E-state index contributed by atoms with van der Waals surface area (Å²) in [7, 11) is 0. The molecule has 0 radical (unpaired) electrons. The van der Waals surface area contributed by atoms with E-state index in [-0.39, 0.29) is 11.9 Å². The summed E-state index contributed by atoms with van der Waals surface area (Å²) in [5, 5.41) is 3.41. The van der Waals surface area contributed by atoms with Gasteiger partial charge in [0, 0.05) is 44.6 Å². The standard InChI is InChI=1S/C19H21FN4/c1-14-5-6-19-22-17(13-24(19)11-14)12-23-8-7-21-10-18(23)15-3-2-4-16(20)9-15/h2-6,9,11,13,18,21H,7-8,10,12H2,1H3. The zero-order chi connectivity index (χ0) is 16.5. The van der Waals surface area contributed by atoms with E-state index in [1.54, 1.807) is 12.1 Å². The highest BCUT2D eigenvalue weighted by Crippen LogP contribution is 2.24. The van der Waals surface area contributed by atoms with Gasteiger partial charge in [0.2, 0.25) is 0 Å². The predicted molar refractivity (Wildman–Crippen MR) is 92.3 cm³/mol. The first kappa shape index (κ1) is 15.3. The molecule has 0 spiro atoms. The first-order chi connectivity index (χ1) is 11.7. The Hall–Kier alpha value is -2.24. The van der Waals surface area contributed by atoms with E-state index in [9.17, 15) is 4.39 Å². The van der Waals surface area contributed by atoms with Gasteiger partial charge in [-0.05, 0) is 36.2 Å². The first-order valence-electron chi connectivity index (χ1n) is 8.33. The van der Waals surface area contributed by atoms with Crippen LogP contribution in [-0.4, -0.2) is 33.9 Å². The molecule has 24 heavy (non-hydrogen) atoms. The second kappa shape index (κ2) is 6.34. The quantitative estimate of drug-likeness (QED) is 0.804. The molecule has 0 bridgehead atoms. The molecule has 124 valence electrons. The summed E-state index contributed by atoms with van der Waals surface area (Å²) in [6.07, 6.45) is 4.18. The van der Waals surface area contributed by atoms with Crippen molar-refractivity contribution in [3.05, 3.63) is 71.4 Å². The van der Waals surface area contributed by atoms with Gasteiger partial charge in [0.05, 0.1) is 5.69 Å². The maximum Gasteiger partial charge on any atom is 0.137 e. The lowest BCUT2D eigenvalue weighted by Gasteiger charge is -2.36. The number of piperazine rings is 1. The summed E-state index contributed by atoms with van der Waals surface area (Å²) in [5.41, 5.74) is 4.24. The lowest BCUT2D eigenvalue weighted by atomic mass is 10.0. The third-order valence-electron chi connectivity index (χ3n) is 4.60. The Bertz CT molecular complexity index is 857. The van der Waals surface area contributed by atoms with E-state index in [0.29, 0.717) is 0 Å². The molecule has 1 N–H and O–H groups in total. The van der Waals surface area contributed by atoms with E-state index in [2.05, 4.69) is 40.0 Å². The molecule has 1 aliphatic heterocycles. The van der Waals surface area contributed by atoms with Crippen LogP contribution in [0.25, 0.3) is 5.65 Å². The maximum atomic E-state index is 13.6. The fraction of sp³-hybridized carbons (Fsp3) is 0.316. The first-order valence-corrected chi connectivity index (χ1v) is 8.33. The average molecular weight is 324 g/mol. The van der Waals surface area contributed by atoms with Gasteiger partial charge in [0.1, 0.15) is 11.5 Å². The number of fused-ring (bicyclic) bond motifs is 1. The number of halogens is 1. The lowest BCUT2D eigenvalue weighted by molar-refractivity contribution is 0.152. The van der Waals surface area contributed by atoms with Crippen molar-refractivity contribution in [2.45, 2.75) is 19.5 Å². The van der Waals surface area contributed by atoms with Crippen molar-refractivity contribution >= 4 is 5.65 Å². The van der Waals surface area contributed by atoms with E-state index in [1.165, 1.54) is 11.6 Å². The van der Waals surface area contributed by atoms with Crippen LogP contribution in [0.1, 0.15) is 22.9 Å². The lowest BCUT2D eigenvalue weighted by Crippen LogP contribution is -2.45. The number of hydrogen-bond acceptors (Lipinski definition) is 3. The molecule has 1 fully saturated rings. The molecule has 3 aromatic rings. The van der Waals surface area contributed by atoms with Gasteiger partial charge >= 0.3 is 0 Å². The summed E-state index contributed by atoms with van der Waals surface area (Å²) < 4.78 is 15.7. The number of imidazole rings is 1. The van der Waals surface area contributed by atoms with E-state index in [1.807, 2.05) is 12.1 Å². The Labute approximate surface area is 140 Å². The minimum atomic E-state index is -0.179. The topological polar surface area (TPSA) is 32.6 Å². The number of hydrogen-bond donors (Lipinski definition) is 1. The van der Waals surface area contributed by atoms with Crippen molar-refractivity contribution < 1.29 is 4.39 Å². The second-order valence-electron chi connectivity index (χ2n) is 6.45. The van der Waals surface area contributed by atoms with E-state index < -0.39 is 0 Å². The fourth-order valence-electron chi connectivity index (χ4n) is 3.42. The monoisotopic (exact) mass is 324 g/mol. The van der Waals surface area contributed by atoms with Crippen molar-refractivity contribution in [2.24, 2.45) is 0 Å². The molecule has 1 atom stereocenters. The van der Waals surface area contributed by atoms with Crippen molar-refractivity contribution in [2.75, 3.05) is 19.6 Å². The van der Waals surface area contributed by atoms with Crippen LogP contribution in [0.3, 0.4) is 0 Å². The van der Waals surface area contributed by atoms with E-state index in [0.717, 1.165) is 43.1 Å². The summed E-state index contributed by atoms with van der Waals surface area (Å²) in [5.74, 6) is -0.179. The van der Waals surface area contributed by atoms with Crippen molar-refractivity contribution in [3.8, 4) is 0 Å². The Morgan fingerprint density at radius 1 is 1.25 bits per heavy atom. The van der Waals surface area contributed by atoms with E-state index >= 15 is 0 Å². The Morgan fingerprint density at radius 2 is 2.17 bits per heavy atom. The van der Waals surface area contributed by atoms with Gasteiger partial charge < -0.3 is 9.72 Å². The van der Waals surface area contributed by atoms with Gasteiger partial charge in [-0.15, -0.1) is 0 Å². The van der Waals surface area contributed by atoms with Crippen LogP contribution in [-0.2, 0) is 6.54 Å². The normalized spacial score (nSPS) is 19.0. The predicted octanol–water partition coefficient (Wildman–Crippen LogP) is 2.93. The molecular formula is C19H21FN4. The molecule has 1 aliphatic rings. The fourth-order valence-corrected chi connectivity index (χ4v) is 3.42. The highest BCUT2D eigenvalue weighted by Gasteiger charge is 2.24. The van der Waals surface area contributed by atoms with Crippen molar-refractivity contribution in [1.82, 2.24) is 19.6 Å². The van der Waals surface area contributed by atoms with Gasteiger partial charge in [-0.3, -0.25) is 4.90 Å². The molecule has 1 saturated heterocycles. The van der Waals surface area contributed by atoms with Crippen LogP contribution in [0.15, 0.2) is 48.8 Å². The molecule has 0 aliphatic carbocycles. The minimum Gasteiger partial charge on any atom is -0.314 e. The summed E-state index contributed by atoms with van der Waals surface area (Å²) in [6.45, 7) is 5.54. The molecule has 5 heteroatoms. The minimum absolute atomic E-state index is 0.168. The molecule has 4 nitrogen and oxygen atoms in total. The molecular weight excluding hydrogens is 303 g/mol. The maximum absolute atomic E-state index is 13.6. The van der Waals surface area contributed by atoms with Crippen LogP contribution in [0.2, 0.25) is 0 Å². The molecule has 1 unspecified atom stereocenters. The highest BCUT2D eigenvalue weighted by atomic mass is 19.1. The number of aromatic nitrogens is 2. The third-order valence-corrected chi connectivity index (χ3v) is 4.60. The number of aryl methyl sites for hydroxylation is 1. The number of nitrogens with zero attached hydrogens (tertiary/aromatic N) is 3. The van der Waals surface area contributed by atoms with Gasteiger partial charge in [-0.2, -0.15) is 0 Å². The van der Waals surface area contributed by atoms with Crippen LogP contribution in [0.5, 0.6) is 0 Å². The Kier molecular flexibility index (Phi) is 4.04. The summed E-state index contributed by atoms with van der Waals surface area (Å²) in [6, 6.07) is 11.2. The summed E-state index contributed by atoms with van der Waals surface area (Å²) >= 11 is 0. The number of benzene rings is 1. The summed E-state index contributed by atoms with van der Waals surface area (Å²) in [4.78, 5) is 7.10. The number of pyridine rings is 1. The molecule has 4 rings (SSSR count). The molecule has 3 heterocycles.